The molecular weight excluding hydrogens is 204 g/mol. The van der Waals surface area contributed by atoms with Crippen LogP contribution in [-0.2, 0) is 18.2 Å². The van der Waals surface area contributed by atoms with Crippen LogP contribution < -0.4 is 0 Å². The molecule has 0 bridgehead atoms. The summed E-state index contributed by atoms with van der Waals surface area (Å²) in [6, 6.07) is 0. The van der Waals surface area contributed by atoms with Crippen molar-refractivity contribution in [2.24, 2.45) is 7.05 Å². The van der Waals surface area contributed by atoms with E-state index < -0.39 is 0 Å². The zero-order chi connectivity index (χ0) is 11.4. The van der Waals surface area contributed by atoms with Crippen molar-refractivity contribution in [1.29, 1.82) is 0 Å². The summed E-state index contributed by atoms with van der Waals surface area (Å²) in [7, 11) is 1.89. The molecule has 1 aliphatic rings. The van der Waals surface area contributed by atoms with Gasteiger partial charge in [0, 0.05) is 26.3 Å². The molecule has 16 heavy (non-hydrogen) atoms. The molecule has 0 aromatic carbocycles. The first-order valence-electron chi connectivity index (χ1n) is 6.01. The Balaban J connectivity index is 1.69. The van der Waals surface area contributed by atoms with Crippen molar-refractivity contribution in [3.63, 3.8) is 0 Å². The van der Waals surface area contributed by atoms with Gasteiger partial charge in [-0.3, -0.25) is 4.68 Å². The highest BCUT2D eigenvalue weighted by atomic mass is 16.5. The molecule has 2 heterocycles. The monoisotopic (exact) mass is 224 g/mol. The molecule has 0 radical (unpaired) electrons. The first-order chi connectivity index (χ1) is 7.74. The number of rotatable bonds is 5. The summed E-state index contributed by atoms with van der Waals surface area (Å²) in [4.78, 5) is 0. The molecule has 2 rings (SSSR count). The van der Waals surface area contributed by atoms with E-state index in [9.17, 15) is 5.11 Å². The minimum absolute atomic E-state index is 0.270. The summed E-state index contributed by atoms with van der Waals surface area (Å²) < 4.78 is 7.30. The molecular formula is C12H20N2O2. The lowest BCUT2D eigenvalue weighted by Gasteiger charge is -2.12. The lowest BCUT2D eigenvalue weighted by Crippen LogP contribution is -2.14. The van der Waals surface area contributed by atoms with Gasteiger partial charge in [0.2, 0.25) is 0 Å². The van der Waals surface area contributed by atoms with Crippen molar-refractivity contribution in [3.05, 3.63) is 18.0 Å². The number of aryl methyl sites for hydroxylation is 1. The van der Waals surface area contributed by atoms with Gasteiger partial charge in [-0.05, 0) is 31.2 Å². The van der Waals surface area contributed by atoms with E-state index in [2.05, 4.69) is 5.10 Å². The fourth-order valence-corrected chi connectivity index (χ4v) is 2.20. The Kier molecular flexibility index (Phi) is 3.96. The Morgan fingerprint density at radius 1 is 1.69 bits per heavy atom. The van der Waals surface area contributed by atoms with Gasteiger partial charge in [0.25, 0.3) is 0 Å². The van der Waals surface area contributed by atoms with E-state index in [1.165, 1.54) is 6.42 Å². The summed E-state index contributed by atoms with van der Waals surface area (Å²) in [5, 5.41) is 14.0. The number of hydrogen-bond acceptors (Lipinski definition) is 3. The molecule has 90 valence electrons. The maximum Gasteiger partial charge on any atom is 0.0582 e. The van der Waals surface area contributed by atoms with Crippen LogP contribution in [0.15, 0.2) is 12.4 Å². The van der Waals surface area contributed by atoms with Gasteiger partial charge in [0.05, 0.1) is 18.4 Å². The Hall–Kier alpha value is -0.870. The topological polar surface area (TPSA) is 47.3 Å². The predicted molar refractivity (Wildman–Crippen MR) is 61.1 cm³/mol. The van der Waals surface area contributed by atoms with Gasteiger partial charge in [0.1, 0.15) is 0 Å². The largest absolute Gasteiger partial charge is 0.393 e. The second kappa shape index (κ2) is 5.46. The fourth-order valence-electron chi connectivity index (χ4n) is 2.20. The summed E-state index contributed by atoms with van der Waals surface area (Å²) in [6.07, 6.45) is 8.69. The normalized spacial score (nSPS) is 22.5. The lowest BCUT2D eigenvalue weighted by atomic mass is 10.0. The minimum atomic E-state index is -0.270. The molecule has 0 saturated carbocycles. The number of aliphatic hydroxyl groups is 1. The van der Waals surface area contributed by atoms with Gasteiger partial charge in [-0.15, -0.1) is 0 Å². The van der Waals surface area contributed by atoms with Crippen molar-refractivity contribution < 1.29 is 9.84 Å². The third-order valence-corrected chi connectivity index (χ3v) is 3.08. The van der Waals surface area contributed by atoms with Crippen molar-refractivity contribution in [2.45, 2.75) is 44.3 Å². The third-order valence-electron chi connectivity index (χ3n) is 3.08. The molecule has 0 amide bonds. The molecule has 1 aromatic rings. The Bertz CT molecular complexity index is 319. The second-order valence-corrected chi connectivity index (χ2v) is 4.59. The number of ether oxygens (including phenoxy) is 1. The SMILES string of the molecule is Cn1cc(CC(O)CCC2CCCO2)cn1. The molecule has 0 aliphatic carbocycles. The average molecular weight is 224 g/mol. The smallest absolute Gasteiger partial charge is 0.0582 e. The number of nitrogens with zero attached hydrogens (tertiary/aromatic N) is 2. The first-order valence-corrected chi connectivity index (χ1v) is 6.01. The standard InChI is InChI=1S/C12H20N2O2/c1-14-9-10(8-13-14)7-11(15)4-5-12-3-2-6-16-12/h8-9,11-12,15H,2-7H2,1H3. The highest BCUT2D eigenvalue weighted by Gasteiger charge is 2.17. The first kappa shape index (κ1) is 11.6. The third kappa shape index (κ3) is 3.32. The van der Waals surface area contributed by atoms with Crippen molar-refractivity contribution in [3.8, 4) is 0 Å². The summed E-state index contributed by atoms with van der Waals surface area (Å²) in [5.74, 6) is 0. The molecule has 4 nitrogen and oxygen atoms in total. The molecule has 0 spiro atoms. The maximum absolute atomic E-state index is 9.88. The van der Waals surface area contributed by atoms with Gasteiger partial charge in [-0.25, -0.2) is 0 Å². The van der Waals surface area contributed by atoms with Gasteiger partial charge in [-0.2, -0.15) is 5.10 Å². The molecule has 1 fully saturated rings. The van der Waals surface area contributed by atoms with Crippen LogP contribution in [0.4, 0.5) is 0 Å². The van der Waals surface area contributed by atoms with Crippen LogP contribution in [0.25, 0.3) is 0 Å². The molecule has 1 aliphatic heterocycles. The van der Waals surface area contributed by atoms with E-state index in [0.717, 1.165) is 31.4 Å². The highest BCUT2D eigenvalue weighted by Crippen LogP contribution is 2.18. The van der Waals surface area contributed by atoms with E-state index in [0.29, 0.717) is 12.5 Å². The Morgan fingerprint density at radius 3 is 3.19 bits per heavy atom. The molecule has 2 unspecified atom stereocenters. The van der Waals surface area contributed by atoms with Gasteiger partial charge < -0.3 is 9.84 Å². The highest BCUT2D eigenvalue weighted by molar-refractivity contribution is 5.04. The second-order valence-electron chi connectivity index (χ2n) is 4.59. The van der Waals surface area contributed by atoms with Crippen LogP contribution in [0, 0.1) is 0 Å². The van der Waals surface area contributed by atoms with E-state index in [1.54, 1.807) is 4.68 Å². The lowest BCUT2D eigenvalue weighted by molar-refractivity contribution is 0.0813. The molecule has 1 aromatic heterocycles. The van der Waals surface area contributed by atoms with Crippen LogP contribution in [-0.4, -0.2) is 33.7 Å². The zero-order valence-electron chi connectivity index (χ0n) is 9.80. The van der Waals surface area contributed by atoms with Crippen LogP contribution in [0.5, 0.6) is 0 Å². The van der Waals surface area contributed by atoms with E-state index in [4.69, 9.17) is 4.74 Å². The summed E-state index contributed by atoms with van der Waals surface area (Å²) in [6.45, 7) is 0.892. The van der Waals surface area contributed by atoms with E-state index in [-0.39, 0.29) is 6.10 Å². The summed E-state index contributed by atoms with van der Waals surface area (Å²) in [5.41, 5.74) is 1.10. The summed E-state index contributed by atoms with van der Waals surface area (Å²) >= 11 is 0. The molecule has 1 saturated heterocycles. The number of aliphatic hydroxyl groups excluding tert-OH is 1. The van der Waals surface area contributed by atoms with Gasteiger partial charge in [-0.1, -0.05) is 0 Å². The fraction of sp³-hybridized carbons (Fsp3) is 0.750. The molecule has 2 atom stereocenters. The van der Waals surface area contributed by atoms with Crippen LogP contribution in [0.2, 0.25) is 0 Å². The van der Waals surface area contributed by atoms with Crippen LogP contribution in [0.3, 0.4) is 0 Å². The average Bonchev–Trinajstić information content (AvgIpc) is 2.87. The number of hydrogen-bond donors (Lipinski definition) is 1. The molecule has 4 heteroatoms. The van der Waals surface area contributed by atoms with Gasteiger partial charge in [0.15, 0.2) is 0 Å². The van der Waals surface area contributed by atoms with E-state index >= 15 is 0 Å². The quantitative estimate of drug-likeness (QED) is 0.819. The van der Waals surface area contributed by atoms with Crippen LogP contribution in [0.1, 0.15) is 31.2 Å². The zero-order valence-corrected chi connectivity index (χ0v) is 9.80. The van der Waals surface area contributed by atoms with Crippen molar-refractivity contribution in [1.82, 2.24) is 9.78 Å². The predicted octanol–water partition coefficient (Wildman–Crippen LogP) is 1.28. The van der Waals surface area contributed by atoms with Gasteiger partial charge >= 0.3 is 0 Å². The molecule has 1 N–H and O–H groups in total. The Morgan fingerprint density at radius 2 is 2.56 bits per heavy atom. The number of aromatic nitrogens is 2. The van der Waals surface area contributed by atoms with Crippen LogP contribution >= 0.6 is 0 Å². The van der Waals surface area contributed by atoms with Crippen molar-refractivity contribution >= 4 is 0 Å². The maximum atomic E-state index is 9.88. The Labute approximate surface area is 96.2 Å². The van der Waals surface area contributed by atoms with Crippen molar-refractivity contribution in [2.75, 3.05) is 6.61 Å². The van der Waals surface area contributed by atoms with E-state index in [1.807, 2.05) is 19.4 Å². The minimum Gasteiger partial charge on any atom is -0.393 e.